The van der Waals surface area contributed by atoms with Gasteiger partial charge in [0.2, 0.25) is 0 Å². The van der Waals surface area contributed by atoms with Crippen molar-refractivity contribution in [1.29, 1.82) is 5.26 Å². The van der Waals surface area contributed by atoms with Crippen LogP contribution < -0.4 is 0 Å². The molecule has 0 bridgehead atoms. The van der Waals surface area contributed by atoms with Crippen molar-refractivity contribution in [3.8, 4) is 6.07 Å². The Morgan fingerprint density at radius 1 is 1.57 bits per heavy atom. The van der Waals surface area contributed by atoms with Crippen LogP contribution in [0.2, 0.25) is 0 Å². The number of aromatic carboxylic acids is 1. The summed E-state index contributed by atoms with van der Waals surface area (Å²) in [6.07, 6.45) is -2.89. The van der Waals surface area contributed by atoms with E-state index in [0.717, 1.165) is 11.3 Å². The summed E-state index contributed by atoms with van der Waals surface area (Å²) >= 11 is 0.934. The lowest BCUT2D eigenvalue weighted by molar-refractivity contribution is 0.0529. The van der Waals surface area contributed by atoms with Crippen LogP contribution in [0.1, 0.15) is 21.3 Å². The summed E-state index contributed by atoms with van der Waals surface area (Å²) in [7, 11) is 0. The molecule has 0 aliphatic carbocycles. The molecule has 0 aliphatic rings. The van der Waals surface area contributed by atoms with Crippen LogP contribution in [0, 0.1) is 11.3 Å². The van der Waals surface area contributed by atoms with Crippen LogP contribution in [-0.2, 0) is 0 Å². The highest BCUT2D eigenvalue weighted by molar-refractivity contribution is 7.12. The van der Waals surface area contributed by atoms with Gasteiger partial charge in [0.15, 0.2) is 6.10 Å². The Hall–Kier alpha value is -1.42. The molecule has 0 aromatic carbocycles. The third kappa shape index (κ3) is 2.09. The van der Waals surface area contributed by atoms with Gasteiger partial charge in [-0.3, -0.25) is 0 Å². The van der Waals surface area contributed by atoms with Crippen LogP contribution in [0.15, 0.2) is 11.4 Å². The maximum atomic E-state index is 10.5. The van der Waals surface area contributed by atoms with E-state index in [1.807, 2.05) is 0 Å². The number of aliphatic hydroxyl groups is 2. The van der Waals surface area contributed by atoms with Gasteiger partial charge in [-0.2, -0.15) is 5.26 Å². The number of thiophene rings is 1. The Morgan fingerprint density at radius 2 is 2.21 bits per heavy atom. The fourth-order valence-electron chi connectivity index (χ4n) is 0.871. The van der Waals surface area contributed by atoms with Crippen molar-refractivity contribution in [3.05, 3.63) is 21.9 Å². The molecule has 14 heavy (non-hydrogen) atoms. The molecule has 1 heterocycles. The van der Waals surface area contributed by atoms with E-state index in [1.165, 1.54) is 17.5 Å². The predicted octanol–water partition coefficient (Wildman–Crippen LogP) is 0.364. The number of hydrogen-bond acceptors (Lipinski definition) is 5. The quantitative estimate of drug-likeness (QED) is 0.629. The highest BCUT2D eigenvalue weighted by atomic mass is 32.1. The molecule has 1 aromatic heterocycles. The number of rotatable bonds is 3. The summed E-state index contributed by atoms with van der Waals surface area (Å²) < 4.78 is 0. The molecular formula is C8H7NO4S. The van der Waals surface area contributed by atoms with Crippen molar-refractivity contribution in [2.75, 3.05) is 0 Å². The third-order valence-corrected chi connectivity index (χ3v) is 2.54. The first kappa shape index (κ1) is 10.7. The molecule has 0 amide bonds. The fraction of sp³-hybridized carbons (Fsp3) is 0.250. The van der Waals surface area contributed by atoms with E-state index in [0.29, 0.717) is 0 Å². The van der Waals surface area contributed by atoms with Gasteiger partial charge in [-0.05, 0) is 17.0 Å². The monoisotopic (exact) mass is 213 g/mol. The van der Waals surface area contributed by atoms with Gasteiger partial charge in [0.1, 0.15) is 11.0 Å². The first-order chi connectivity index (χ1) is 6.56. The smallest absolute Gasteiger partial charge is 0.345 e. The molecule has 2 atom stereocenters. The maximum Gasteiger partial charge on any atom is 0.345 e. The van der Waals surface area contributed by atoms with Crippen LogP contribution in [0.4, 0.5) is 0 Å². The highest BCUT2D eigenvalue weighted by Crippen LogP contribution is 2.23. The molecule has 0 radical (unpaired) electrons. The van der Waals surface area contributed by atoms with Crippen molar-refractivity contribution in [2.45, 2.75) is 12.2 Å². The molecule has 0 spiro atoms. The summed E-state index contributed by atoms with van der Waals surface area (Å²) in [5.41, 5.74) is 0.237. The molecular weight excluding hydrogens is 206 g/mol. The first-order valence-corrected chi connectivity index (χ1v) is 4.51. The van der Waals surface area contributed by atoms with Gasteiger partial charge in [0.25, 0.3) is 0 Å². The second kappa shape index (κ2) is 4.19. The van der Waals surface area contributed by atoms with Crippen molar-refractivity contribution in [1.82, 2.24) is 0 Å². The largest absolute Gasteiger partial charge is 0.477 e. The second-order valence-corrected chi connectivity index (χ2v) is 3.48. The van der Waals surface area contributed by atoms with Gasteiger partial charge < -0.3 is 15.3 Å². The van der Waals surface area contributed by atoms with E-state index in [2.05, 4.69) is 0 Å². The first-order valence-electron chi connectivity index (χ1n) is 3.63. The molecule has 3 N–H and O–H groups in total. The zero-order valence-electron chi connectivity index (χ0n) is 6.91. The van der Waals surface area contributed by atoms with Crippen molar-refractivity contribution in [2.24, 2.45) is 0 Å². The minimum absolute atomic E-state index is 0.0594. The summed E-state index contributed by atoms with van der Waals surface area (Å²) in [5.74, 6) is -1.10. The Morgan fingerprint density at radius 3 is 2.64 bits per heavy atom. The van der Waals surface area contributed by atoms with E-state index < -0.39 is 18.2 Å². The van der Waals surface area contributed by atoms with Gasteiger partial charge in [-0.1, -0.05) is 0 Å². The van der Waals surface area contributed by atoms with Crippen molar-refractivity contribution in [3.63, 3.8) is 0 Å². The van der Waals surface area contributed by atoms with E-state index in [1.54, 1.807) is 0 Å². The van der Waals surface area contributed by atoms with E-state index in [4.69, 9.17) is 15.5 Å². The minimum Gasteiger partial charge on any atom is -0.477 e. The van der Waals surface area contributed by atoms with Gasteiger partial charge in [-0.15, -0.1) is 11.3 Å². The molecule has 74 valence electrons. The molecule has 1 rings (SSSR count). The van der Waals surface area contributed by atoms with Gasteiger partial charge >= 0.3 is 5.97 Å². The van der Waals surface area contributed by atoms with Crippen molar-refractivity contribution >= 4 is 17.3 Å². The zero-order chi connectivity index (χ0) is 10.7. The summed E-state index contributed by atoms with van der Waals surface area (Å²) in [4.78, 5) is 10.5. The number of nitriles is 1. The Balaban J connectivity index is 2.87. The molecule has 0 fully saturated rings. The van der Waals surface area contributed by atoms with Crippen LogP contribution in [0.3, 0.4) is 0 Å². The van der Waals surface area contributed by atoms with Gasteiger partial charge in [0, 0.05) is 0 Å². The molecule has 6 heteroatoms. The number of carbonyl (C=O) groups is 1. The molecule has 5 nitrogen and oxygen atoms in total. The minimum atomic E-state index is -1.54. The summed E-state index contributed by atoms with van der Waals surface area (Å²) in [6.45, 7) is 0. The third-order valence-electron chi connectivity index (χ3n) is 1.60. The Kier molecular flexibility index (Phi) is 3.19. The van der Waals surface area contributed by atoms with E-state index in [-0.39, 0.29) is 10.4 Å². The maximum absolute atomic E-state index is 10.5. The second-order valence-electron chi connectivity index (χ2n) is 2.57. The Labute approximate surface area is 83.5 Å². The highest BCUT2D eigenvalue weighted by Gasteiger charge is 2.20. The SMILES string of the molecule is N#CC(O)C(O)c1csc(C(=O)O)c1. The molecule has 2 unspecified atom stereocenters. The summed E-state index contributed by atoms with van der Waals surface area (Å²) in [6, 6.07) is 2.70. The molecule has 0 saturated carbocycles. The number of hydrogen-bond donors (Lipinski definition) is 3. The standard InChI is InChI=1S/C8H7NO4S/c9-2-5(10)7(11)4-1-6(8(12)13)14-3-4/h1,3,5,7,10-11H,(H,12,13). The normalized spacial score (nSPS) is 14.4. The van der Waals surface area contributed by atoms with Crippen LogP contribution in [-0.4, -0.2) is 27.4 Å². The van der Waals surface area contributed by atoms with Crippen LogP contribution >= 0.6 is 11.3 Å². The number of carboxylic acid groups (broad SMARTS) is 1. The van der Waals surface area contributed by atoms with Crippen LogP contribution in [0.5, 0.6) is 0 Å². The van der Waals surface area contributed by atoms with Gasteiger partial charge in [0.05, 0.1) is 6.07 Å². The number of aliphatic hydroxyl groups excluding tert-OH is 2. The predicted molar refractivity (Wildman–Crippen MR) is 47.9 cm³/mol. The topological polar surface area (TPSA) is 102 Å². The fourth-order valence-corrected chi connectivity index (χ4v) is 1.65. The Bertz CT molecular complexity index is 381. The number of nitrogens with zero attached hydrogens (tertiary/aromatic N) is 1. The summed E-state index contributed by atoms with van der Waals surface area (Å²) in [5, 5.41) is 36.6. The molecule has 0 aliphatic heterocycles. The lowest BCUT2D eigenvalue weighted by atomic mass is 10.1. The van der Waals surface area contributed by atoms with E-state index >= 15 is 0 Å². The average molecular weight is 213 g/mol. The average Bonchev–Trinajstić information content (AvgIpc) is 2.64. The van der Waals surface area contributed by atoms with Crippen LogP contribution in [0.25, 0.3) is 0 Å². The van der Waals surface area contributed by atoms with E-state index in [9.17, 15) is 9.90 Å². The lowest BCUT2D eigenvalue weighted by Gasteiger charge is -2.08. The lowest BCUT2D eigenvalue weighted by Crippen LogP contribution is -2.14. The molecule has 1 aromatic rings. The molecule has 0 saturated heterocycles. The van der Waals surface area contributed by atoms with Gasteiger partial charge in [-0.25, -0.2) is 4.79 Å². The zero-order valence-corrected chi connectivity index (χ0v) is 7.73. The van der Waals surface area contributed by atoms with Crippen molar-refractivity contribution < 1.29 is 20.1 Å². The number of carboxylic acids is 1.